The third kappa shape index (κ3) is 8.41. The normalized spacial score (nSPS) is 18.1. The highest BCUT2D eigenvalue weighted by molar-refractivity contribution is 5.79. The molecule has 1 aromatic carbocycles. The Bertz CT molecular complexity index is 762. The van der Waals surface area contributed by atoms with Gasteiger partial charge in [0, 0.05) is 32.0 Å². The van der Waals surface area contributed by atoms with Crippen molar-refractivity contribution in [2.45, 2.75) is 25.6 Å². The highest BCUT2D eigenvalue weighted by atomic mass is 16.3. The minimum Gasteiger partial charge on any atom is -0.483 e. The van der Waals surface area contributed by atoms with Gasteiger partial charge in [0.1, 0.15) is 5.82 Å². The molecule has 1 aromatic heterocycles. The molecule has 0 aliphatic carbocycles. The Kier molecular flexibility index (Phi) is 11.5. The number of piperidine rings is 1. The molecule has 10 nitrogen and oxygen atoms in total. The van der Waals surface area contributed by atoms with Crippen molar-refractivity contribution in [3.63, 3.8) is 0 Å². The summed E-state index contributed by atoms with van der Waals surface area (Å²) >= 11 is 0. The van der Waals surface area contributed by atoms with E-state index in [2.05, 4.69) is 27.3 Å². The third-order valence-corrected chi connectivity index (χ3v) is 4.53. The van der Waals surface area contributed by atoms with Gasteiger partial charge in [-0.15, -0.1) is 0 Å². The van der Waals surface area contributed by atoms with Crippen LogP contribution in [0.25, 0.3) is 0 Å². The van der Waals surface area contributed by atoms with E-state index in [-0.39, 0.29) is 24.8 Å². The Morgan fingerprint density at radius 1 is 1.23 bits per heavy atom. The van der Waals surface area contributed by atoms with Crippen molar-refractivity contribution in [2.24, 2.45) is 5.92 Å². The number of rotatable bonds is 5. The van der Waals surface area contributed by atoms with Crippen LogP contribution in [0.2, 0.25) is 0 Å². The topological polar surface area (TPSA) is 145 Å². The number of amides is 1. The van der Waals surface area contributed by atoms with E-state index >= 15 is 0 Å². The summed E-state index contributed by atoms with van der Waals surface area (Å²) < 4.78 is 2.03. The molecule has 1 aliphatic rings. The van der Waals surface area contributed by atoms with Crippen LogP contribution in [0.15, 0.2) is 42.7 Å². The Labute approximate surface area is 174 Å². The van der Waals surface area contributed by atoms with Gasteiger partial charge in [0.15, 0.2) is 0 Å². The number of nitrogens with zero attached hydrogens (tertiary/aromatic N) is 3. The summed E-state index contributed by atoms with van der Waals surface area (Å²) in [4.78, 5) is 35.5. The van der Waals surface area contributed by atoms with Crippen molar-refractivity contribution in [2.75, 3.05) is 20.1 Å². The van der Waals surface area contributed by atoms with Crippen LogP contribution in [0.5, 0.6) is 0 Å². The van der Waals surface area contributed by atoms with Gasteiger partial charge in [-0.25, -0.2) is 4.98 Å². The molecule has 10 heteroatoms. The Balaban J connectivity index is 0.000000672. The molecule has 3 rings (SSSR count). The number of imidazole rings is 1. The van der Waals surface area contributed by atoms with Crippen LogP contribution < -0.4 is 5.32 Å². The Hall–Kier alpha value is -3.24. The average molecular weight is 420 g/mol. The molecule has 4 N–H and O–H groups in total. The molecular formula is C20H28N4O6. The molecule has 0 unspecified atom stereocenters. The summed E-state index contributed by atoms with van der Waals surface area (Å²) in [5.74, 6) is 0.329. The number of aliphatic hydroxyl groups is 1. The first-order chi connectivity index (χ1) is 14.5. The molecule has 2 atom stereocenters. The number of likely N-dealkylation sites (tertiary alicyclic amines) is 1. The van der Waals surface area contributed by atoms with Gasteiger partial charge in [-0.05, 0) is 19.0 Å². The van der Waals surface area contributed by atoms with E-state index in [1.807, 2.05) is 36.0 Å². The van der Waals surface area contributed by atoms with Crippen LogP contribution >= 0.6 is 0 Å². The number of benzene rings is 1. The summed E-state index contributed by atoms with van der Waals surface area (Å²) in [5, 5.41) is 26.8. The van der Waals surface area contributed by atoms with Crippen LogP contribution in [-0.4, -0.2) is 74.9 Å². The quantitative estimate of drug-likeness (QED) is 0.504. The van der Waals surface area contributed by atoms with Crippen LogP contribution in [-0.2, 0) is 27.5 Å². The lowest BCUT2D eigenvalue weighted by Crippen LogP contribution is -2.48. The molecule has 0 saturated carbocycles. The van der Waals surface area contributed by atoms with Gasteiger partial charge >= 0.3 is 0 Å². The zero-order valence-corrected chi connectivity index (χ0v) is 16.8. The lowest BCUT2D eigenvalue weighted by Gasteiger charge is -2.32. The van der Waals surface area contributed by atoms with Gasteiger partial charge in [-0.1, -0.05) is 30.3 Å². The molecule has 2 aromatic rings. The largest absolute Gasteiger partial charge is 0.483 e. The predicted molar refractivity (Wildman–Crippen MR) is 109 cm³/mol. The summed E-state index contributed by atoms with van der Waals surface area (Å²) in [5.41, 5.74) is 1.19. The maximum absolute atomic E-state index is 12.4. The molecule has 0 radical (unpaired) electrons. The zero-order chi connectivity index (χ0) is 22.4. The number of hydrogen-bond donors (Lipinski definition) is 4. The molecule has 1 amide bonds. The summed E-state index contributed by atoms with van der Waals surface area (Å²) in [6, 6.07) is 10.1. The fourth-order valence-electron chi connectivity index (χ4n) is 3.09. The van der Waals surface area contributed by atoms with Crippen LogP contribution in [0.3, 0.4) is 0 Å². The maximum Gasteiger partial charge on any atom is 0.290 e. The predicted octanol–water partition coefficient (Wildman–Crippen LogP) is 0.262. The van der Waals surface area contributed by atoms with Crippen molar-refractivity contribution >= 4 is 18.9 Å². The van der Waals surface area contributed by atoms with Gasteiger partial charge in [-0.3, -0.25) is 14.4 Å². The fourth-order valence-corrected chi connectivity index (χ4v) is 3.09. The van der Waals surface area contributed by atoms with Crippen molar-refractivity contribution in [1.29, 1.82) is 0 Å². The van der Waals surface area contributed by atoms with Crippen LogP contribution in [0.1, 0.15) is 17.8 Å². The Morgan fingerprint density at radius 3 is 2.50 bits per heavy atom. The smallest absolute Gasteiger partial charge is 0.290 e. The van der Waals surface area contributed by atoms with E-state index in [4.69, 9.17) is 19.8 Å². The number of carbonyl (C=O) groups excluding carboxylic acids is 1. The molecule has 164 valence electrons. The molecule has 1 saturated heterocycles. The standard InChI is InChI=1S/C18H24N4O2.2CH2O2/c1-21-9-7-16(23)15(13-21)18(24)20-11-17-19-8-10-22(17)12-14-5-3-2-4-6-14;2*2-1-3/h2-6,8,10,15-16,23H,7,9,11-13H2,1H3,(H,20,24);2*1H,(H,2,3)/t15-,16-;;/m1../s1. The first-order valence-electron chi connectivity index (χ1n) is 9.30. The average Bonchev–Trinajstić information content (AvgIpc) is 3.17. The van der Waals surface area contributed by atoms with Crippen molar-refractivity contribution in [3.8, 4) is 0 Å². The lowest BCUT2D eigenvalue weighted by atomic mass is 9.94. The van der Waals surface area contributed by atoms with E-state index < -0.39 is 6.10 Å². The van der Waals surface area contributed by atoms with E-state index in [9.17, 15) is 9.90 Å². The minimum atomic E-state index is -0.565. The molecule has 1 aliphatic heterocycles. The maximum atomic E-state index is 12.4. The fraction of sp³-hybridized carbons (Fsp3) is 0.400. The van der Waals surface area contributed by atoms with Crippen molar-refractivity contribution in [1.82, 2.24) is 19.8 Å². The number of hydrogen-bond acceptors (Lipinski definition) is 6. The summed E-state index contributed by atoms with van der Waals surface area (Å²) in [6.07, 6.45) is 3.73. The van der Waals surface area contributed by atoms with Gasteiger partial charge in [0.05, 0.1) is 18.6 Å². The van der Waals surface area contributed by atoms with Gasteiger partial charge < -0.3 is 30.1 Å². The Morgan fingerprint density at radius 2 is 1.87 bits per heavy atom. The second-order valence-electron chi connectivity index (χ2n) is 6.61. The summed E-state index contributed by atoms with van der Waals surface area (Å²) in [7, 11) is 1.97. The SMILES string of the molecule is CN1CC[C@@H](O)[C@H](C(=O)NCc2nccn2Cc2ccccc2)C1.O=CO.O=CO. The zero-order valence-electron chi connectivity index (χ0n) is 16.8. The first-order valence-corrected chi connectivity index (χ1v) is 9.30. The second kappa shape index (κ2) is 13.9. The lowest BCUT2D eigenvalue weighted by molar-refractivity contribution is -0.131. The number of carbonyl (C=O) groups is 3. The molecule has 0 spiro atoms. The molecule has 0 bridgehead atoms. The van der Waals surface area contributed by atoms with Crippen molar-refractivity contribution < 1.29 is 29.7 Å². The third-order valence-electron chi connectivity index (χ3n) is 4.53. The molecular weight excluding hydrogens is 392 g/mol. The van der Waals surface area contributed by atoms with E-state index in [0.717, 1.165) is 18.9 Å². The summed E-state index contributed by atoms with van der Waals surface area (Å²) in [6.45, 7) is 2.00. The molecule has 30 heavy (non-hydrogen) atoms. The highest BCUT2D eigenvalue weighted by Crippen LogP contribution is 2.16. The minimum absolute atomic E-state index is 0.108. The number of aliphatic hydroxyl groups excluding tert-OH is 1. The van der Waals surface area contributed by atoms with Crippen LogP contribution in [0, 0.1) is 5.92 Å². The van der Waals surface area contributed by atoms with E-state index in [1.54, 1.807) is 6.20 Å². The van der Waals surface area contributed by atoms with Gasteiger partial charge in [-0.2, -0.15) is 0 Å². The van der Waals surface area contributed by atoms with Crippen LogP contribution in [0.4, 0.5) is 0 Å². The van der Waals surface area contributed by atoms with Gasteiger partial charge in [0.25, 0.3) is 12.9 Å². The second-order valence-corrected chi connectivity index (χ2v) is 6.61. The van der Waals surface area contributed by atoms with E-state index in [0.29, 0.717) is 19.5 Å². The first kappa shape index (κ1) is 24.8. The molecule has 2 heterocycles. The monoisotopic (exact) mass is 420 g/mol. The van der Waals surface area contributed by atoms with E-state index in [1.165, 1.54) is 5.56 Å². The number of nitrogens with one attached hydrogen (secondary N) is 1. The highest BCUT2D eigenvalue weighted by Gasteiger charge is 2.31. The number of aromatic nitrogens is 2. The molecule has 1 fully saturated rings. The van der Waals surface area contributed by atoms with Gasteiger partial charge in [0.2, 0.25) is 5.91 Å². The number of carboxylic acid groups (broad SMARTS) is 2. The van der Waals surface area contributed by atoms with Crippen molar-refractivity contribution in [3.05, 3.63) is 54.1 Å².